The molecule has 0 N–H and O–H groups in total. The molecule has 0 saturated heterocycles. The molecule has 3 rings (SSSR count). The van der Waals surface area contributed by atoms with Gasteiger partial charge < -0.3 is 9.64 Å². The van der Waals surface area contributed by atoms with Crippen molar-refractivity contribution >= 4 is 35.1 Å². The fourth-order valence-electron chi connectivity index (χ4n) is 3.45. The van der Waals surface area contributed by atoms with E-state index in [2.05, 4.69) is 0 Å². The van der Waals surface area contributed by atoms with Crippen molar-refractivity contribution < 1.29 is 14.3 Å². The Morgan fingerprint density at radius 2 is 1.45 bits per heavy atom. The van der Waals surface area contributed by atoms with Crippen LogP contribution in [-0.4, -0.2) is 28.4 Å². The Bertz CT molecular complexity index is 1100. The Morgan fingerprint density at radius 1 is 0.879 bits per heavy atom. The molecule has 0 radical (unpaired) electrons. The maximum Gasteiger partial charge on any atom is 0.329 e. The van der Waals surface area contributed by atoms with Crippen LogP contribution >= 0.6 is 23.2 Å². The zero-order valence-corrected chi connectivity index (χ0v) is 20.4. The predicted octanol–water partition coefficient (Wildman–Crippen LogP) is 6.59. The topological polar surface area (TPSA) is 46.6 Å². The van der Waals surface area contributed by atoms with E-state index < -0.39 is 17.6 Å². The standard InChI is InChI=1S/C27H27Cl2NO3/c1-27(2,3)33-26(32)24(16-19-10-6-4-7-11-19)30(18-20-12-8-5-9-13-20)25(31)22-15-14-21(28)17-23(22)29/h4-15,17,24H,16,18H2,1-3H3. The van der Waals surface area contributed by atoms with Crippen LogP contribution in [0.25, 0.3) is 0 Å². The molecule has 0 aliphatic rings. The normalized spacial score (nSPS) is 12.2. The predicted molar refractivity (Wildman–Crippen MR) is 133 cm³/mol. The van der Waals surface area contributed by atoms with Crippen LogP contribution in [0.4, 0.5) is 0 Å². The highest BCUT2D eigenvalue weighted by Crippen LogP contribution is 2.26. The van der Waals surface area contributed by atoms with Crippen molar-refractivity contribution in [3.05, 3.63) is 106 Å². The lowest BCUT2D eigenvalue weighted by atomic mass is 10.0. The third kappa shape index (κ3) is 7.08. The molecule has 1 unspecified atom stereocenters. The van der Waals surface area contributed by atoms with Gasteiger partial charge in [-0.3, -0.25) is 4.79 Å². The zero-order chi connectivity index (χ0) is 24.0. The van der Waals surface area contributed by atoms with Crippen LogP contribution in [0.15, 0.2) is 78.9 Å². The van der Waals surface area contributed by atoms with Gasteiger partial charge in [-0.15, -0.1) is 0 Å². The minimum absolute atomic E-state index is 0.218. The number of benzene rings is 3. The lowest BCUT2D eigenvalue weighted by Gasteiger charge is -2.33. The molecular formula is C27H27Cl2NO3. The minimum atomic E-state index is -0.855. The van der Waals surface area contributed by atoms with Crippen LogP contribution < -0.4 is 0 Å². The first kappa shape index (κ1) is 24.8. The summed E-state index contributed by atoms with van der Waals surface area (Å²) in [5.41, 5.74) is 1.38. The van der Waals surface area contributed by atoms with Gasteiger partial charge in [0.05, 0.1) is 10.6 Å². The SMILES string of the molecule is CC(C)(C)OC(=O)C(Cc1ccccc1)N(Cc1ccccc1)C(=O)c1ccc(Cl)cc1Cl. The molecule has 0 spiro atoms. The molecule has 0 fully saturated rings. The molecule has 0 bridgehead atoms. The fourth-order valence-corrected chi connectivity index (χ4v) is 3.94. The van der Waals surface area contributed by atoms with Crippen LogP contribution in [0, 0.1) is 0 Å². The van der Waals surface area contributed by atoms with Crippen LogP contribution in [0.3, 0.4) is 0 Å². The van der Waals surface area contributed by atoms with E-state index in [1.54, 1.807) is 12.1 Å². The Morgan fingerprint density at radius 3 is 2.00 bits per heavy atom. The summed E-state index contributed by atoms with van der Waals surface area (Å²) in [5.74, 6) is -0.840. The number of amides is 1. The minimum Gasteiger partial charge on any atom is -0.458 e. The maximum absolute atomic E-state index is 13.8. The second-order valence-corrected chi connectivity index (χ2v) is 9.63. The van der Waals surface area contributed by atoms with Gasteiger partial charge in [-0.2, -0.15) is 0 Å². The van der Waals surface area contributed by atoms with E-state index in [9.17, 15) is 9.59 Å². The van der Waals surface area contributed by atoms with Crippen molar-refractivity contribution in [1.82, 2.24) is 4.90 Å². The van der Waals surface area contributed by atoms with Gasteiger partial charge in [0.1, 0.15) is 11.6 Å². The molecule has 1 atom stereocenters. The first-order chi connectivity index (χ1) is 15.6. The molecule has 0 heterocycles. The van der Waals surface area contributed by atoms with Gasteiger partial charge in [-0.1, -0.05) is 83.9 Å². The van der Waals surface area contributed by atoms with E-state index in [0.29, 0.717) is 11.4 Å². The van der Waals surface area contributed by atoms with Gasteiger partial charge >= 0.3 is 5.97 Å². The van der Waals surface area contributed by atoms with Crippen molar-refractivity contribution in [2.75, 3.05) is 0 Å². The molecule has 33 heavy (non-hydrogen) atoms. The number of carbonyl (C=O) groups excluding carboxylic acids is 2. The summed E-state index contributed by atoms with van der Waals surface area (Å²) < 4.78 is 5.74. The summed E-state index contributed by atoms with van der Waals surface area (Å²) in [6.45, 7) is 5.65. The average molecular weight is 484 g/mol. The molecule has 4 nitrogen and oxygen atoms in total. The number of rotatable bonds is 7. The van der Waals surface area contributed by atoms with Crippen LogP contribution in [0.5, 0.6) is 0 Å². The summed E-state index contributed by atoms with van der Waals surface area (Å²) in [5, 5.41) is 0.660. The molecule has 0 aliphatic carbocycles. The second kappa shape index (κ2) is 10.9. The zero-order valence-electron chi connectivity index (χ0n) is 18.9. The Hall–Kier alpha value is -2.82. The number of hydrogen-bond acceptors (Lipinski definition) is 3. The smallest absolute Gasteiger partial charge is 0.329 e. The van der Waals surface area contributed by atoms with Gasteiger partial charge in [-0.25, -0.2) is 4.79 Å². The highest BCUT2D eigenvalue weighted by molar-refractivity contribution is 6.36. The van der Waals surface area contributed by atoms with Gasteiger partial charge in [0.25, 0.3) is 5.91 Å². The lowest BCUT2D eigenvalue weighted by molar-refractivity contribution is -0.160. The Labute approximate surface area is 205 Å². The van der Waals surface area contributed by atoms with Gasteiger partial charge in [-0.05, 0) is 50.1 Å². The van der Waals surface area contributed by atoms with Crippen LogP contribution in [0.2, 0.25) is 10.0 Å². The number of hydrogen-bond donors (Lipinski definition) is 0. The second-order valence-electron chi connectivity index (χ2n) is 8.78. The molecule has 3 aromatic carbocycles. The monoisotopic (exact) mass is 483 g/mol. The highest BCUT2D eigenvalue weighted by atomic mass is 35.5. The molecule has 0 aromatic heterocycles. The van der Waals surface area contributed by atoms with Gasteiger partial charge in [0.2, 0.25) is 0 Å². The van der Waals surface area contributed by atoms with E-state index in [-0.39, 0.29) is 23.0 Å². The summed E-state index contributed by atoms with van der Waals surface area (Å²) in [6, 6.07) is 23.0. The summed E-state index contributed by atoms with van der Waals surface area (Å²) in [4.78, 5) is 28.7. The largest absolute Gasteiger partial charge is 0.458 e. The molecule has 1 amide bonds. The van der Waals surface area contributed by atoms with Gasteiger partial charge in [0.15, 0.2) is 0 Å². The first-order valence-electron chi connectivity index (χ1n) is 10.7. The van der Waals surface area contributed by atoms with E-state index in [1.165, 1.54) is 11.0 Å². The van der Waals surface area contributed by atoms with Crippen molar-refractivity contribution in [3.63, 3.8) is 0 Å². The summed E-state index contributed by atoms with van der Waals surface area (Å²) in [7, 11) is 0. The molecular weight excluding hydrogens is 457 g/mol. The maximum atomic E-state index is 13.8. The number of carbonyl (C=O) groups is 2. The number of ether oxygens (including phenoxy) is 1. The van der Waals surface area contributed by atoms with Crippen molar-refractivity contribution in [3.8, 4) is 0 Å². The first-order valence-corrected chi connectivity index (χ1v) is 11.5. The third-order valence-electron chi connectivity index (χ3n) is 4.95. The van der Waals surface area contributed by atoms with Crippen molar-refractivity contribution in [2.24, 2.45) is 0 Å². The summed E-state index contributed by atoms with van der Waals surface area (Å²) >= 11 is 12.4. The molecule has 0 aliphatic heterocycles. The van der Waals surface area contributed by atoms with Crippen LogP contribution in [-0.2, 0) is 22.5 Å². The summed E-state index contributed by atoms with van der Waals surface area (Å²) in [6.07, 6.45) is 0.305. The van der Waals surface area contributed by atoms with Crippen LogP contribution in [0.1, 0.15) is 42.3 Å². The Balaban J connectivity index is 2.06. The molecule has 172 valence electrons. The van der Waals surface area contributed by atoms with E-state index in [1.807, 2.05) is 81.4 Å². The fraction of sp³-hybridized carbons (Fsp3) is 0.259. The molecule has 6 heteroatoms. The quantitative estimate of drug-likeness (QED) is 0.356. The van der Waals surface area contributed by atoms with Crippen molar-refractivity contribution in [2.45, 2.75) is 45.4 Å². The lowest BCUT2D eigenvalue weighted by Crippen LogP contribution is -2.48. The van der Waals surface area contributed by atoms with E-state index in [4.69, 9.17) is 27.9 Å². The van der Waals surface area contributed by atoms with E-state index in [0.717, 1.165) is 11.1 Å². The van der Waals surface area contributed by atoms with E-state index >= 15 is 0 Å². The molecule has 3 aromatic rings. The number of halogens is 2. The third-order valence-corrected chi connectivity index (χ3v) is 5.49. The van der Waals surface area contributed by atoms with Gasteiger partial charge in [0, 0.05) is 18.0 Å². The average Bonchev–Trinajstić information content (AvgIpc) is 2.76. The highest BCUT2D eigenvalue weighted by Gasteiger charge is 2.35. The van der Waals surface area contributed by atoms with Crippen molar-refractivity contribution in [1.29, 1.82) is 0 Å². The number of esters is 1. The Kier molecular flexibility index (Phi) is 8.17. The molecule has 0 saturated carbocycles. The number of nitrogens with zero attached hydrogens (tertiary/aromatic N) is 1.